The predicted molar refractivity (Wildman–Crippen MR) is 73.0 cm³/mol. The number of aromatic nitrogens is 2. The van der Waals surface area contributed by atoms with E-state index in [-0.39, 0.29) is 0 Å². The summed E-state index contributed by atoms with van der Waals surface area (Å²) in [4.78, 5) is 12.2. The molecule has 0 amide bonds. The lowest BCUT2D eigenvalue weighted by molar-refractivity contribution is 0.219. The topological polar surface area (TPSA) is 55.0 Å². The van der Waals surface area contributed by atoms with Crippen LogP contribution in [0.25, 0.3) is 10.2 Å². The Balaban J connectivity index is 2.29. The quantitative estimate of drug-likeness (QED) is 0.906. The second kappa shape index (κ2) is 4.98. The van der Waals surface area contributed by atoms with Gasteiger partial charge < -0.3 is 5.73 Å². The van der Waals surface area contributed by atoms with Gasteiger partial charge in [0.15, 0.2) is 0 Å². The van der Waals surface area contributed by atoms with E-state index < -0.39 is 0 Å². The SMILES string of the molecule is CCN(Cc1nc(N)c2ccsc2n1)C(C)C. The first-order valence-electron chi connectivity index (χ1n) is 5.85. The van der Waals surface area contributed by atoms with Crippen molar-refractivity contribution in [1.29, 1.82) is 0 Å². The lowest BCUT2D eigenvalue weighted by atomic mass is 10.3. The maximum atomic E-state index is 5.93. The zero-order valence-corrected chi connectivity index (χ0v) is 11.3. The molecule has 0 aliphatic carbocycles. The van der Waals surface area contributed by atoms with Crippen LogP contribution in [-0.4, -0.2) is 27.5 Å². The molecule has 2 rings (SSSR count). The lowest BCUT2D eigenvalue weighted by Crippen LogP contribution is -2.30. The van der Waals surface area contributed by atoms with Crippen LogP contribution < -0.4 is 5.73 Å². The van der Waals surface area contributed by atoms with Crippen molar-refractivity contribution in [3.8, 4) is 0 Å². The van der Waals surface area contributed by atoms with Crippen LogP contribution in [0, 0.1) is 0 Å². The van der Waals surface area contributed by atoms with Crippen molar-refractivity contribution in [2.75, 3.05) is 12.3 Å². The van der Waals surface area contributed by atoms with Gasteiger partial charge in [-0.2, -0.15) is 0 Å². The number of anilines is 1. The van der Waals surface area contributed by atoms with Crippen molar-refractivity contribution >= 4 is 27.4 Å². The van der Waals surface area contributed by atoms with Crippen LogP contribution in [0.4, 0.5) is 5.82 Å². The highest BCUT2D eigenvalue weighted by atomic mass is 32.1. The molecule has 2 aromatic heterocycles. The van der Waals surface area contributed by atoms with Crippen molar-refractivity contribution in [3.05, 3.63) is 17.3 Å². The molecule has 4 nitrogen and oxygen atoms in total. The van der Waals surface area contributed by atoms with Gasteiger partial charge in [0.1, 0.15) is 16.5 Å². The summed E-state index contributed by atoms with van der Waals surface area (Å²) in [7, 11) is 0. The summed E-state index contributed by atoms with van der Waals surface area (Å²) in [6, 6.07) is 2.46. The van der Waals surface area contributed by atoms with E-state index in [1.165, 1.54) is 0 Å². The van der Waals surface area contributed by atoms with Gasteiger partial charge >= 0.3 is 0 Å². The smallest absolute Gasteiger partial charge is 0.146 e. The summed E-state index contributed by atoms with van der Waals surface area (Å²) >= 11 is 1.61. The number of rotatable bonds is 4. The van der Waals surface area contributed by atoms with Crippen LogP contribution in [0.3, 0.4) is 0 Å². The summed E-state index contributed by atoms with van der Waals surface area (Å²) in [6.45, 7) is 8.25. The number of nitrogen functional groups attached to an aromatic ring is 1. The molecule has 2 aromatic rings. The Kier molecular flexibility index (Phi) is 3.59. The van der Waals surface area contributed by atoms with Crippen molar-refractivity contribution in [2.45, 2.75) is 33.4 Å². The highest BCUT2D eigenvalue weighted by Gasteiger charge is 2.12. The molecule has 5 heteroatoms. The molecular weight excluding hydrogens is 232 g/mol. The van der Waals surface area contributed by atoms with Gasteiger partial charge in [0.25, 0.3) is 0 Å². The van der Waals surface area contributed by atoms with Gasteiger partial charge in [0.2, 0.25) is 0 Å². The van der Waals surface area contributed by atoms with E-state index in [4.69, 9.17) is 5.73 Å². The highest BCUT2D eigenvalue weighted by Crippen LogP contribution is 2.23. The zero-order valence-electron chi connectivity index (χ0n) is 10.5. The summed E-state index contributed by atoms with van der Waals surface area (Å²) in [5.41, 5.74) is 5.93. The Bertz CT molecular complexity index is 506. The maximum absolute atomic E-state index is 5.93. The molecule has 0 spiro atoms. The van der Waals surface area contributed by atoms with Crippen LogP contribution >= 0.6 is 11.3 Å². The number of hydrogen-bond donors (Lipinski definition) is 1. The minimum atomic E-state index is 0.490. The van der Waals surface area contributed by atoms with Gasteiger partial charge in [0, 0.05) is 6.04 Å². The summed E-state index contributed by atoms with van der Waals surface area (Å²) in [5.74, 6) is 1.40. The molecule has 2 N–H and O–H groups in total. The van der Waals surface area contributed by atoms with Gasteiger partial charge in [-0.3, -0.25) is 4.90 Å². The fraction of sp³-hybridized carbons (Fsp3) is 0.500. The Hall–Kier alpha value is -1.20. The number of fused-ring (bicyclic) bond motifs is 1. The van der Waals surface area contributed by atoms with Crippen molar-refractivity contribution in [2.24, 2.45) is 0 Å². The highest BCUT2D eigenvalue weighted by molar-refractivity contribution is 7.16. The molecule has 0 saturated carbocycles. The van der Waals surface area contributed by atoms with Crippen molar-refractivity contribution in [1.82, 2.24) is 14.9 Å². The molecule has 92 valence electrons. The predicted octanol–water partition coefficient (Wildman–Crippen LogP) is 2.50. The van der Waals surface area contributed by atoms with E-state index >= 15 is 0 Å². The van der Waals surface area contributed by atoms with Gasteiger partial charge in [-0.25, -0.2) is 9.97 Å². The fourth-order valence-corrected chi connectivity index (χ4v) is 2.63. The normalized spacial score (nSPS) is 11.8. The van der Waals surface area contributed by atoms with Gasteiger partial charge in [0.05, 0.1) is 11.9 Å². The van der Waals surface area contributed by atoms with Crippen LogP contribution in [0.15, 0.2) is 11.4 Å². The molecule has 0 fully saturated rings. The third kappa shape index (κ3) is 2.56. The Labute approximate surface area is 105 Å². The molecule has 0 radical (unpaired) electrons. The Morgan fingerprint density at radius 3 is 2.82 bits per heavy atom. The number of nitrogens with two attached hydrogens (primary N) is 1. The van der Waals surface area contributed by atoms with E-state index in [2.05, 4.69) is 35.6 Å². The van der Waals surface area contributed by atoms with Crippen molar-refractivity contribution < 1.29 is 0 Å². The van der Waals surface area contributed by atoms with Crippen LogP contribution in [0.5, 0.6) is 0 Å². The van der Waals surface area contributed by atoms with E-state index in [1.807, 2.05) is 11.4 Å². The average Bonchev–Trinajstić information content (AvgIpc) is 2.74. The minimum absolute atomic E-state index is 0.490. The molecule has 0 bridgehead atoms. The molecule has 0 atom stereocenters. The average molecular weight is 250 g/mol. The van der Waals surface area contributed by atoms with E-state index in [1.54, 1.807) is 11.3 Å². The summed E-state index contributed by atoms with van der Waals surface area (Å²) in [5, 5.41) is 2.96. The van der Waals surface area contributed by atoms with Gasteiger partial charge in [-0.05, 0) is 31.8 Å². The second-order valence-corrected chi connectivity index (χ2v) is 5.22. The molecular formula is C12H18N4S. The van der Waals surface area contributed by atoms with Gasteiger partial charge in [-0.1, -0.05) is 6.92 Å². The molecule has 0 aliphatic heterocycles. The first kappa shape index (κ1) is 12.3. The molecule has 0 saturated heterocycles. The van der Waals surface area contributed by atoms with Gasteiger partial charge in [-0.15, -0.1) is 11.3 Å². The maximum Gasteiger partial charge on any atom is 0.146 e. The number of thiophene rings is 1. The minimum Gasteiger partial charge on any atom is -0.383 e. The first-order chi connectivity index (χ1) is 8.11. The molecule has 0 aromatic carbocycles. The monoisotopic (exact) mass is 250 g/mol. The van der Waals surface area contributed by atoms with E-state index in [0.717, 1.165) is 29.1 Å². The summed E-state index contributed by atoms with van der Waals surface area (Å²) in [6.07, 6.45) is 0. The van der Waals surface area contributed by atoms with Crippen LogP contribution in [-0.2, 0) is 6.54 Å². The van der Waals surface area contributed by atoms with Crippen molar-refractivity contribution in [3.63, 3.8) is 0 Å². The Morgan fingerprint density at radius 2 is 2.18 bits per heavy atom. The lowest BCUT2D eigenvalue weighted by Gasteiger charge is -2.23. The van der Waals surface area contributed by atoms with E-state index in [9.17, 15) is 0 Å². The molecule has 0 unspecified atom stereocenters. The Morgan fingerprint density at radius 1 is 1.41 bits per heavy atom. The molecule has 2 heterocycles. The summed E-state index contributed by atoms with van der Waals surface area (Å²) < 4.78 is 0. The zero-order chi connectivity index (χ0) is 12.4. The first-order valence-corrected chi connectivity index (χ1v) is 6.73. The largest absolute Gasteiger partial charge is 0.383 e. The molecule has 0 aliphatic rings. The standard InChI is InChI=1S/C12H18N4S/c1-4-16(8(2)3)7-10-14-11(13)9-5-6-17-12(9)15-10/h5-6,8H,4,7H2,1-3H3,(H2,13,14,15). The molecule has 17 heavy (non-hydrogen) atoms. The fourth-order valence-electron chi connectivity index (χ4n) is 1.84. The third-order valence-electron chi connectivity index (χ3n) is 2.88. The van der Waals surface area contributed by atoms with E-state index in [0.29, 0.717) is 11.9 Å². The second-order valence-electron chi connectivity index (χ2n) is 4.32. The van der Waals surface area contributed by atoms with Crippen LogP contribution in [0.1, 0.15) is 26.6 Å². The number of nitrogens with zero attached hydrogens (tertiary/aromatic N) is 3. The van der Waals surface area contributed by atoms with Crippen LogP contribution in [0.2, 0.25) is 0 Å². The number of hydrogen-bond acceptors (Lipinski definition) is 5. The third-order valence-corrected chi connectivity index (χ3v) is 3.69.